The topological polar surface area (TPSA) is 22.1 Å². The maximum absolute atomic E-state index is 5.40. The Morgan fingerprint density at radius 2 is 1.39 bits per heavy atom. The average molecular weight is 361 g/mol. The molecular weight excluding hydrogens is 342 g/mol. The number of pyridine rings is 1. The van der Waals surface area contributed by atoms with E-state index in [1.807, 2.05) is 18.2 Å². The fourth-order valence-corrected chi connectivity index (χ4v) is 3.67. The Bertz CT molecular complexity index is 1290. The van der Waals surface area contributed by atoms with Crippen LogP contribution in [0.4, 0.5) is 0 Å². The van der Waals surface area contributed by atoms with E-state index in [0.29, 0.717) is 0 Å². The summed E-state index contributed by atoms with van der Waals surface area (Å²) in [4.78, 5) is 5.04. The molecule has 0 aliphatic rings. The van der Waals surface area contributed by atoms with Crippen molar-refractivity contribution in [2.75, 3.05) is 7.11 Å². The molecule has 134 valence electrons. The minimum atomic E-state index is 0.861. The van der Waals surface area contributed by atoms with Crippen LogP contribution in [0.5, 0.6) is 5.75 Å². The molecule has 0 saturated heterocycles. The van der Waals surface area contributed by atoms with Gasteiger partial charge >= 0.3 is 0 Å². The number of nitrogens with zero attached hydrogens (tertiary/aromatic N) is 1. The number of fused-ring (bicyclic) bond motifs is 2. The molecule has 0 bridgehead atoms. The predicted octanol–water partition coefficient (Wildman–Crippen LogP) is 6.73. The summed E-state index contributed by atoms with van der Waals surface area (Å²) in [7, 11) is 1.70. The van der Waals surface area contributed by atoms with Gasteiger partial charge in [0.05, 0.1) is 18.3 Å². The summed E-state index contributed by atoms with van der Waals surface area (Å²) >= 11 is 0. The number of ether oxygens (including phenoxy) is 1. The maximum atomic E-state index is 5.40. The lowest BCUT2D eigenvalue weighted by Gasteiger charge is -2.12. The molecule has 5 rings (SSSR count). The van der Waals surface area contributed by atoms with Gasteiger partial charge in [0, 0.05) is 16.5 Å². The Labute approximate surface area is 164 Å². The van der Waals surface area contributed by atoms with E-state index >= 15 is 0 Å². The second kappa shape index (κ2) is 6.82. The van der Waals surface area contributed by atoms with Gasteiger partial charge in [0.25, 0.3) is 0 Å². The maximum Gasteiger partial charge on any atom is 0.119 e. The highest BCUT2D eigenvalue weighted by Crippen LogP contribution is 2.35. The van der Waals surface area contributed by atoms with Gasteiger partial charge in [-0.25, -0.2) is 4.98 Å². The number of hydrogen-bond donors (Lipinski definition) is 0. The molecule has 28 heavy (non-hydrogen) atoms. The molecule has 0 fully saturated rings. The zero-order valence-corrected chi connectivity index (χ0v) is 15.6. The van der Waals surface area contributed by atoms with E-state index in [1.54, 1.807) is 7.11 Å². The molecule has 0 atom stereocenters. The van der Waals surface area contributed by atoms with E-state index in [4.69, 9.17) is 9.72 Å². The van der Waals surface area contributed by atoms with Gasteiger partial charge < -0.3 is 4.74 Å². The fourth-order valence-electron chi connectivity index (χ4n) is 3.67. The molecule has 0 radical (unpaired) electrons. The van der Waals surface area contributed by atoms with Crippen LogP contribution in [0.15, 0.2) is 97.1 Å². The zero-order chi connectivity index (χ0) is 18.9. The van der Waals surface area contributed by atoms with Crippen molar-refractivity contribution < 1.29 is 4.74 Å². The van der Waals surface area contributed by atoms with Crippen molar-refractivity contribution in [2.24, 2.45) is 0 Å². The average Bonchev–Trinajstić information content (AvgIpc) is 2.78. The molecule has 5 aromatic rings. The number of benzene rings is 4. The van der Waals surface area contributed by atoms with Crippen LogP contribution >= 0.6 is 0 Å². The standard InChI is InChI=1S/C26H19NO/c1-28-23-14-13-18-11-12-21(15-22(18)16-23)26-24(19-7-3-2-4-8-19)17-20-9-5-6-10-25(20)27-26/h2-17H,1H3. The Hall–Kier alpha value is -3.65. The molecule has 1 heterocycles. The number of hydrogen-bond acceptors (Lipinski definition) is 2. The van der Waals surface area contributed by atoms with Crippen LogP contribution in [0.1, 0.15) is 0 Å². The van der Waals surface area contributed by atoms with Crippen LogP contribution in [0, 0.1) is 0 Å². The third-order valence-corrected chi connectivity index (χ3v) is 5.13. The van der Waals surface area contributed by atoms with E-state index in [0.717, 1.165) is 38.9 Å². The summed E-state index contributed by atoms with van der Waals surface area (Å²) < 4.78 is 5.40. The van der Waals surface area contributed by atoms with Crippen LogP contribution < -0.4 is 4.74 Å². The minimum Gasteiger partial charge on any atom is -0.497 e. The molecule has 2 nitrogen and oxygen atoms in total. The summed E-state index contributed by atoms with van der Waals surface area (Å²) in [5.74, 6) is 0.861. The highest BCUT2D eigenvalue weighted by molar-refractivity contribution is 5.94. The molecule has 0 saturated carbocycles. The molecule has 0 N–H and O–H groups in total. The van der Waals surface area contributed by atoms with Crippen LogP contribution in [0.3, 0.4) is 0 Å². The lowest BCUT2D eigenvalue weighted by molar-refractivity contribution is 0.415. The van der Waals surface area contributed by atoms with E-state index in [1.165, 1.54) is 10.9 Å². The predicted molar refractivity (Wildman–Crippen MR) is 117 cm³/mol. The summed E-state index contributed by atoms with van der Waals surface area (Å²) in [5.41, 5.74) is 5.41. The number of aromatic nitrogens is 1. The third-order valence-electron chi connectivity index (χ3n) is 5.13. The monoisotopic (exact) mass is 361 g/mol. The number of rotatable bonds is 3. The van der Waals surface area contributed by atoms with Gasteiger partial charge in [0.1, 0.15) is 5.75 Å². The molecule has 0 amide bonds. The van der Waals surface area contributed by atoms with E-state index in [9.17, 15) is 0 Å². The number of para-hydroxylation sites is 1. The van der Waals surface area contributed by atoms with Crippen molar-refractivity contribution in [1.82, 2.24) is 4.98 Å². The van der Waals surface area contributed by atoms with Gasteiger partial charge in [0.15, 0.2) is 0 Å². The van der Waals surface area contributed by atoms with Crippen molar-refractivity contribution >= 4 is 21.7 Å². The molecule has 0 aliphatic carbocycles. The molecule has 0 spiro atoms. The summed E-state index contributed by atoms with van der Waals surface area (Å²) in [6.45, 7) is 0. The highest BCUT2D eigenvalue weighted by Gasteiger charge is 2.12. The molecule has 2 heteroatoms. The first-order valence-electron chi connectivity index (χ1n) is 9.35. The smallest absolute Gasteiger partial charge is 0.119 e. The van der Waals surface area contributed by atoms with E-state index < -0.39 is 0 Å². The Balaban J connectivity index is 1.78. The van der Waals surface area contributed by atoms with Crippen molar-refractivity contribution in [3.05, 3.63) is 97.1 Å². The lowest BCUT2D eigenvalue weighted by atomic mass is 9.96. The van der Waals surface area contributed by atoms with Crippen LogP contribution in [-0.4, -0.2) is 12.1 Å². The third kappa shape index (κ3) is 2.89. The van der Waals surface area contributed by atoms with Gasteiger partial charge in [-0.3, -0.25) is 0 Å². The quantitative estimate of drug-likeness (QED) is 0.355. The van der Waals surface area contributed by atoms with Gasteiger partial charge in [-0.15, -0.1) is 0 Å². The van der Waals surface area contributed by atoms with Crippen LogP contribution in [0.25, 0.3) is 44.1 Å². The number of methoxy groups -OCH3 is 1. The minimum absolute atomic E-state index is 0.861. The van der Waals surface area contributed by atoms with Crippen molar-refractivity contribution in [3.63, 3.8) is 0 Å². The summed E-state index contributed by atoms with van der Waals surface area (Å²) in [5, 5.41) is 3.48. The van der Waals surface area contributed by atoms with Gasteiger partial charge in [-0.05, 0) is 46.7 Å². The first-order valence-corrected chi connectivity index (χ1v) is 9.35. The van der Waals surface area contributed by atoms with Crippen molar-refractivity contribution in [2.45, 2.75) is 0 Å². The molecule has 1 aromatic heterocycles. The Morgan fingerprint density at radius 3 is 2.25 bits per heavy atom. The van der Waals surface area contributed by atoms with Crippen LogP contribution in [-0.2, 0) is 0 Å². The molecular formula is C26H19NO. The fraction of sp³-hybridized carbons (Fsp3) is 0.0385. The SMILES string of the molecule is COc1ccc2ccc(-c3nc4ccccc4cc3-c3ccccc3)cc2c1. The first kappa shape index (κ1) is 16.5. The normalized spacial score (nSPS) is 11.0. The van der Waals surface area contributed by atoms with E-state index in [2.05, 4.69) is 78.9 Å². The van der Waals surface area contributed by atoms with Crippen molar-refractivity contribution in [3.8, 4) is 28.1 Å². The first-order chi connectivity index (χ1) is 13.8. The van der Waals surface area contributed by atoms with Gasteiger partial charge in [-0.1, -0.05) is 66.7 Å². The second-order valence-corrected chi connectivity index (χ2v) is 6.87. The summed E-state index contributed by atoms with van der Waals surface area (Å²) in [6.07, 6.45) is 0. The van der Waals surface area contributed by atoms with Gasteiger partial charge in [0.2, 0.25) is 0 Å². The Kier molecular flexibility index (Phi) is 4.02. The Morgan fingerprint density at radius 1 is 0.607 bits per heavy atom. The molecule has 0 aliphatic heterocycles. The lowest BCUT2D eigenvalue weighted by Crippen LogP contribution is -1.92. The van der Waals surface area contributed by atoms with Gasteiger partial charge in [-0.2, -0.15) is 0 Å². The highest BCUT2D eigenvalue weighted by atomic mass is 16.5. The molecule has 4 aromatic carbocycles. The largest absolute Gasteiger partial charge is 0.497 e. The van der Waals surface area contributed by atoms with Crippen LogP contribution in [0.2, 0.25) is 0 Å². The zero-order valence-electron chi connectivity index (χ0n) is 15.6. The second-order valence-electron chi connectivity index (χ2n) is 6.87. The van der Waals surface area contributed by atoms with E-state index in [-0.39, 0.29) is 0 Å². The summed E-state index contributed by atoms with van der Waals surface area (Å²) in [6, 6.07) is 33.6. The molecule has 0 unspecified atom stereocenters. The van der Waals surface area contributed by atoms with Crippen molar-refractivity contribution in [1.29, 1.82) is 0 Å².